The average molecular weight is 555 g/mol. The lowest BCUT2D eigenvalue weighted by atomic mass is 10.1. The Bertz CT molecular complexity index is 1280. The largest absolute Gasteiger partial charge is 0.489 e. The highest BCUT2D eigenvalue weighted by molar-refractivity contribution is 9.10. The lowest BCUT2D eigenvalue weighted by Crippen LogP contribution is -2.34. The Morgan fingerprint density at radius 1 is 0.806 bits per heavy atom. The molecule has 0 aliphatic rings. The van der Waals surface area contributed by atoms with Crippen LogP contribution in [-0.4, -0.2) is 6.03 Å². The molecule has 0 aliphatic carbocycles. The molecule has 0 unspecified atom stereocenters. The maximum absolute atomic E-state index is 13.2. The fraction of sp³-hybridized carbons (Fsp3) is 0.107. The van der Waals surface area contributed by atoms with Crippen molar-refractivity contribution in [2.75, 3.05) is 10.2 Å². The number of carbonyl (C=O) groups is 1. The van der Waals surface area contributed by atoms with E-state index in [1.165, 1.54) is 17.0 Å². The Morgan fingerprint density at radius 2 is 1.44 bits per heavy atom. The smallest absolute Gasteiger partial charge is 0.416 e. The van der Waals surface area contributed by atoms with E-state index in [9.17, 15) is 18.0 Å². The zero-order valence-corrected chi connectivity index (χ0v) is 20.6. The van der Waals surface area contributed by atoms with E-state index < -0.39 is 17.8 Å². The van der Waals surface area contributed by atoms with Crippen molar-refractivity contribution in [1.82, 2.24) is 0 Å². The third-order valence-electron chi connectivity index (χ3n) is 5.36. The molecule has 36 heavy (non-hydrogen) atoms. The summed E-state index contributed by atoms with van der Waals surface area (Å²) in [4.78, 5) is 14.6. The summed E-state index contributed by atoms with van der Waals surface area (Å²) in [6.45, 7) is 0.570. The molecule has 0 atom stereocenters. The molecule has 4 rings (SSSR count). The molecule has 0 radical (unpaired) electrons. The van der Waals surface area contributed by atoms with E-state index in [1.54, 1.807) is 36.4 Å². The molecule has 0 heterocycles. The second kappa shape index (κ2) is 11.3. The standard InChI is InChI=1S/C28H22BrF3N2O2/c29-23-10-12-24(13-11-23)33-27(35)34(25-14-8-22(9-15-25)28(30,31)32)18-20-6-16-26(17-7-20)36-19-21-4-2-1-3-5-21/h1-17H,18-19H2,(H,33,35). The van der Waals surface area contributed by atoms with Gasteiger partial charge in [-0.15, -0.1) is 0 Å². The third-order valence-corrected chi connectivity index (χ3v) is 5.89. The van der Waals surface area contributed by atoms with Gasteiger partial charge in [0.25, 0.3) is 0 Å². The lowest BCUT2D eigenvalue weighted by Gasteiger charge is -2.24. The van der Waals surface area contributed by atoms with Crippen LogP contribution in [0.2, 0.25) is 0 Å². The van der Waals surface area contributed by atoms with Crippen LogP contribution in [0.4, 0.5) is 29.3 Å². The van der Waals surface area contributed by atoms with Gasteiger partial charge in [-0.3, -0.25) is 4.90 Å². The van der Waals surface area contributed by atoms with E-state index in [1.807, 2.05) is 42.5 Å². The number of alkyl halides is 3. The van der Waals surface area contributed by atoms with Crippen molar-refractivity contribution >= 4 is 33.3 Å². The molecular formula is C28H22BrF3N2O2. The molecule has 4 nitrogen and oxygen atoms in total. The molecule has 0 fully saturated rings. The summed E-state index contributed by atoms with van der Waals surface area (Å²) in [6, 6.07) is 28.1. The Balaban J connectivity index is 1.51. The van der Waals surface area contributed by atoms with Crippen molar-refractivity contribution in [3.05, 3.63) is 124 Å². The SMILES string of the molecule is O=C(Nc1ccc(Br)cc1)N(Cc1ccc(OCc2ccccc2)cc1)c1ccc(C(F)(F)F)cc1. The molecule has 0 saturated carbocycles. The molecule has 4 aromatic carbocycles. The van der Waals surface area contributed by atoms with Gasteiger partial charge in [-0.1, -0.05) is 58.4 Å². The fourth-order valence-electron chi connectivity index (χ4n) is 3.45. The van der Waals surface area contributed by atoms with E-state index in [0.717, 1.165) is 27.7 Å². The second-order valence-corrected chi connectivity index (χ2v) is 8.90. The molecule has 184 valence electrons. The summed E-state index contributed by atoms with van der Waals surface area (Å²) in [5.74, 6) is 0.669. The molecule has 1 N–H and O–H groups in total. The summed E-state index contributed by atoms with van der Waals surface area (Å²) < 4.78 is 45.8. The van der Waals surface area contributed by atoms with Crippen molar-refractivity contribution in [1.29, 1.82) is 0 Å². The minimum Gasteiger partial charge on any atom is -0.489 e. The highest BCUT2D eigenvalue weighted by Crippen LogP contribution is 2.31. The summed E-state index contributed by atoms with van der Waals surface area (Å²) in [7, 11) is 0. The van der Waals surface area contributed by atoms with Crippen LogP contribution in [0.15, 0.2) is 108 Å². The van der Waals surface area contributed by atoms with Crippen LogP contribution in [0.1, 0.15) is 16.7 Å². The number of nitrogens with zero attached hydrogens (tertiary/aromatic N) is 1. The number of rotatable bonds is 7. The minimum atomic E-state index is -4.46. The van der Waals surface area contributed by atoms with Crippen LogP contribution in [-0.2, 0) is 19.3 Å². The fourth-order valence-corrected chi connectivity index (χ4v) is 3.71. The molecule has 0 spiro atoms. The Labute approximate surface area is 215 Å². The van der Waals surface area contributed by atoms with Crippen LogP contribution >= 0.6 is 15.9 Å². The topological polar surface area (TPSA) is 41.6 Å². The number of benzene rings is 4. The molecule has 2 amide bonds. The molecule has 0 aliphatic heterocycles. The Hall–Kier alpha value is -3.78. The summed E-state index contributed by atoms with van der Waals surface area (Å²) in [6.07, 6.45) is -4.46. The van der Waals surface area contributed by atoms with Crippen molar-refractivity contribution in [3.8, 4) is 5.75 Å². The van der Waals surface area contributed by atoms with Gasteiger partial charge in [0.15, 0.2) is 0 Å². The van der Waals surface area contributed by atoms with Gasteiger partial charge in [-0.25, -0.2) is 4.79 Å². The zero-order chi connectivity index (χ0) is 25.5. The van der Waals surface area contributed by atoms with Crippen LogP contribution in [0.5, 0.6) is 5.75 Å². The first-order valence-electron chi connectivity index (χ1n) is 11.0. The first kappa shape index (κ1) is 25.3. The summed E-state index contributed by atoms with van der Waals surface area (Å²) in [5, 5.41) is 2.80. The van der Waals surface area contributed by atoms with Crippen LogP contribution in [0, 0.1) is 0 Å². The normalized spacial score (nSPS) is 11.1. The summed E-state index contributed by atoms with van der Waals surface area (Å²) in [5.41, 5.74) is 1.94. The van der Waals surface area contributed by atoms with E-state index in [-0.39, 0.29) is 6.54 Å². The first-order valence-corrected chi connectivity index (χ1v) is 11.8. The number of anilines is 2. The predicted octanol–water partition coefficient (Wildman–Crippen LogP) is 8.29. The van der Waals surface area contributed by atoms with Gasteiger partial charge in [-0.2, -0.15) is 13.2 Å². The first-order chi connectivity index (χ1) is 17.3. The number of urea groups is 1. The number of hydrogen-bond donors (Lipinski definition) is 1. The number of amides is 2. The van der Waals surface area contributed by atoms with Gasteiger partial charge < -0.3 is 10.1 Å². The zero-order valence-electron chi connectivity index (χ0n) is 19.0. The highest BCUT2D eigenvalue weighted by atomic mass is 79.9. The van der Waals surface area contributed by atoms with E-state index in [2.05, 4.69) is 21.2 Å². The number of nitrogens with one attached hydrogen (secondary N) is 1. The molecule has 4 aromatic rings. The number of hydrogen-bond acceptors (Lipinski definition) is 2. The maximum atomic E-state index is 13.2. The minimum absolute atomic E-state index is 0.146. The average Bonchev–Trinajstić information content (AvgIpc) is 2.88. The number of carbonyl (C=O) groups excluding carboxylic acids is 1. The van der Waals surface area contributed by atoms with Crippen LogP contribution < -0.4 is 15.0 Å². The predicted molar refractivity (Wildman–Crippen MR) is 138 cm³/mol. The van der Waals surface area contributed by atoms with Crippen LogP contribution in [0.25, 0.3) is 0 Å². The highest BCUT2D eigenvalue weighted by Gasteiger charge is 2.30. The van der Waals surface area contributed by atoms with Gasteiger partial charge in [0.05, 0.1) is 12.1 Å². The number of halogens is 4. The van der Waals surface area contributed by atoms with E-state index >= 15 is 0 Å². The van der Waals surface area contributed by atoms with Crippen molar-refractivity contribution in [2.45, 2.75) is 19.3 Å². The molecule has 0 aromatic heterocycles. The molecule has 0 saturated heterocycles. The second-order valence-electron chi connectivity index (χ2n) is 7.99. The molecular weight excluding hydrogens is 533 g/mol. The number of ether oxygens (including phenoxy) is 1. The molecule has 8 heteroatoms. The van der Waals surface area contributed by atoms with Crippen LogP contribution in [0.3, 0.4) is 0 Å². The van der Waals surface area contributed by atoms with Gasteiger partial charge in [0.2, 0.25) is 0 Å². The lowest BCUT2D eigenvalue weighted by molar-refractivity contribution is -0.137. The van der Waals surface area contributed by atoms with Gasteiger partial charge >= 0.3 is 12.2 Å². The third kappa shape index (κ3) is 6.88. The quantitative estimate of drug-likeness (QED) is 0.249. The van der Waals surface area contributed by atoms with Gasteiger partial charge in [0, 0.05) is 15.8 Å². The molecule has 0 bridgehead atoms. The monoisotopic (exact) mass is 554 g/mol. The van der Waals surface area contributed by atoms with Crippen molar-refractivity contribution in [2.24, 2.45) is 0 Å². The van der Waals surface area contributed by atoms with E-state index in [4.69, 9.17) is 4.74 Å². The van der Waals surface area contributed by atoms with Crippen molar-refractivity contribution in [3.63, 3.8) is 0 Å². The summed E-state index contributed by atoms with van der Waals surface area (Å²) >= 11 is 3.35. The van der Waals surface area contributed by atoms with Gasteiger partial charge in [-0.05, 0) is 71.8 Å². The van der Waals surface area contributed by atoms with Gasteiger partial charge in [0.1, 0.15) is 12.4 Å². The Kier molecular flexibility index (Phi) is 7.95. The van der Waals surface area contributed by atoms with Crippen molar-refractivity contribution < 1.29 is 22.7 Å². The maximum Gasteiger partial charge on any atom is 0.416 e. The van der Waals surface area contributed by atoms with E-state index in [0.29, 0.717) is 23.7 Å². The Morgan fingerprint density at radius 3 is 2.06 bits per heavy atom.